The van der Waals surface area contributed by atoms with Crippen LogP contribution in [0.3, 0.4) is 0 Å². The summed E-state index contributed by atoms with van der Waals surface area (Å²) >= 11 is 1.30. The third kappa shape index (κ3) is 4.80. The van der Waals surface area contributed by atoms with E-state index in [1.165, 1.54) is 47.7 Å². The highest BCUT2D eigenvalue weighted by Gasteiger charge is 2.20. The van der Waals surface area contributed by atoms with Gasteiger partial charge in [-0.3, -0.25) is 10.1 Å². The van der Waals surface area contributed by atoms with Crippen molar-refractivity contribution in [3.63, 3.8) is 0 Å². The number of nitro groups is 1. The number of hydrogen-bond acceptors (Lipinski definition) is 8. The number of benzene rings is 3. The Morgan fingerprint density at radius 2 is 1.71 bits per heavy atom. The number of hydrogen-bond donors (Lipinski definition) is 1. The molecule has 0 amide bonds. The second-order valence-electron chi connectivity index (χ2n) is 7.19. The summed E-state index contributed by atoms with van der Waals surface area (Å²) in [5.74, 6) is -0.0615. The summed E-state index contributed by atoms with van der Waals surface area (Å²) in [6, 6.07) is 17.0. The zero-order chi connectivity index (χ0) is 24.5. The van der Waals surface area contributed by atoms with E-state index >= 15 is 0 Å². The molecule has 0 atom stereocenters. The SMILES string of the molecule is CS(=O)(=O)c1ccc(-c2csc(-c3ccc(-c4ccccc4[N+](=O)[O-])c(OC(=O)O)c3)n2)cc1. The molecule has 1 heterocycles. The van der Waals surface area contributed by atoms with Gasteiger partial charge in [0.25, 0.3) is 5.69 Å². The number of nitrogens with zero attached hydrogens (tertiary/aromatic N) is 2. The lowest BCUT2D eigenvalue weighted by Gasteiger charge is -2.10. The highest BCUT2D eigenvalue weighted by molar-refractivity contribution is 7.90. The van der Waals surface area contributed by atoms with Crippen LogP contribution in [0.1, 0.15) is 0 Å². The molecule has 0 saturated carbocycles. The van der Waals surface area contributed by atoms with Crippen LogP contribution in [0.4, 0.5) is 10.5 Å². The van der Waals surface area contributed by atoms with E-state index in [1.807, 2.05) is 0 Å². The summed E-state index contributed by atoms with van der Waals surface area (Å²) in [5, 5.41) is 23.0. The Balaban J connectivity index is 1.73. The molecule has 0 bridgehead atoms. The molecule has 0 unspecified atom stereocenters. The molecule has 0 aliphatic heterocycles. The number of aromatic nitrogens is 1. The van der Waals surface area contributed by atoms with E-state index in [0.717, 1.165) is 6.26 Å². The number of thiazole rings is 1. The second kappa shape index (κ2) is 9.04. The summed E-state index contributed by atoms with van der Waals surface area (Å²) in [6.45, 7) is 0. The van der Waals surface area contributed by atoms with Crippen LogP contribution in [-0.2, 0) is 9.84 Å². The van der Waals surface area contributed by atoms with Crippen molar-refractivity contribution in [2.75, 3.05) is 6.26 Å². The zero-order valence-corrected chi connectivity index (χ0v) is 19.2. The Kier molecular flexibility index (Phi) is 6.14. The van der Waals surface area contributed by atoms with Gasteiger partial charge in [0.15, 0.2) is 9.84 Å². The summed E-state index contributed by atoms with van der Waals surface area (Å²) in [7, 11) is -3.31. The van der Waals surface area contributed by atoms with E-state index in [1.54, 1.807) is 35.7 Å². The summed E-state index contributed by atoms with van der Waals surface area (Å²) in [4.78, 5) is 27.0. The predicted octanol–water partition coefficient (Wildman–Crippen LogP) is 5.51. The highest BCUT2D eigenvalue weighted by Crippen LogP contribution is 2.39. The average molecular weight is 497 g/mol. The van der Waals surface area contributed by atoms with Crippen molar-refractivity contribution in [1.82, 2.24) is 4.98 Å². The molecule has 1 N–H and O–H groups in total. The molecule has 11 heteroatoms. The minimum atomic E-state index is -3.31. The molecule has 0 aliphatic carbocycles. The van der Waals surface area contributed by atoms with Crippen LogP contribution >= 0.6 is 11.3 Å². The minimum Gasteiger partial charge on any atom is -0.449 e. The predicted molar refractivity (Wildman–Crippen MR) is 127 cm³/mol. The van der Waals surface area contributed by atoms with Crippen LogP contribution in [0.5, 0.6) is 5.75 Å². The van der Waals surface area contributed by atoms with E-state index in [2.05, 4.69) is 4.98 Å². The fraction of sp³-hybridized carbons (Fsp3) is 0.0435. The highest BCUT2D eigenvalue weighted by atomic mass is 32.2. The van der Waals surface area contributed by atoms with E-state index in [0.29, 0.717) is 21.8 Å². The maximum atomic E-state index is 11.7. The number of carbonyl (C=O) groups is 1. The first-order chi connectivity index (χ1) is 16.1. The van der Waals surface area contributed by atoms with Crippen molar-refractivity contribution in [2.24, 2.45) is 0 Å². The minimum absolute atomic E-state index is 0.0615. The first kappa shape index (κ1) is 23.1. The fourth-order valence-corrected chi connectivity index (χ4v) is 4.79. The lowest BCUT2D eigenvalue weighted by Crippen LogP contribution is -2.05. The van der Waals surface area contributed by atoms with Crippen LogP contribution in [0.15, 0.2) is 77.0 Å². The standard InChI is InChI=1S/C23H16N2O7S2/c1-34(30,31)16-9-6-14(7-10-16)19-13-33-22(24-19)15-8-11-18(21(12-15)32-23(26)27)17-4-2-3-5-20(17)25(28)29/h2-13H,1H3,(H,26,27). The molecule has 4 rings (SSSR count). The smallest absolute Gasteiger partial charge is 0.449 e. The van der Waals surface area contributed by atoms with Crippen molar-refractivity contribution in [3.05, 3.63) is 82.2 Å². The molecule has 0 radical (unpaired) electrons. The van der Waals surface area contributed by atoms with Gasteiger partial charge in [-0.2, -0.15) is 0 Å². The monoisotopic (exact) mass is 496 g/mol. The zero-order valence-electron chi connectivity index (χ0n) is 17.5. The van der Waals surface area contributed by atoms with Crippen molar-refractivity contribution >= 4 is 33.0 Å². The van der Waals surface area contributed by atoms with Gasteiger partial charge in [-0.1, -0.05) is 30.3 Å². The van der Waals surface area contributed by atoms with Crippen LogP contribution in [0, 0.1) is 10.1 Å². The van der Waals surface area contributed by atoms with Crippen LogP contribution in [-0.4, -0.2) is 35.8 Å². The van der Waals surface area contributed by atoms with Crippen LogP contribution in [0.25, 0.3) is 33.0 Å². The Morgan fingerprint density at radius 3 is 2.35 bits per heavy atom. The normalized spacial score (nSPS) is 11.2. The Bertz CT molecular complexity index is 1510. The van der Waals surface area contributed by atoms with E-state index in [9.17, 15) is 28.4 Å². The number of rotatable bonds is 6. The van der Waals surface area contributed by atoms with Gasteiger partial charge in [-0.05, 0) is 30.3 Å². The number of carboxylic acid groups (broad SMARTS) is 1. The van der Waals surface area contributed by atoms with Crippen LogP contribution in [0.2, 0.25) is 0 Å². The lowest BCUT2D eigenvalue weighted by molar-refractivity contribution is -0.384. The van der Waals surface area contributed by atoms with E-state index in [-0.39, 0.29) is 27.5 Å². The summed E-state index contributed by atoms with van der Waals surface area (Å²) < 4.78 is 28.3. The third-order valence-corrected chi connectivity index (χ3v) is 6.92. The quantitative estimate of drug-likeness (QED) is 0.160. The largest absolute Gasteiger partial charge is 0.511 e. The molecule has 172 valence electrons. The number of sulfone groups is 1. The van der Waals surface area contributed by atoms with Gasteiger partial charge in [0.05, 0.1) is 21.1 Å². The molecule has 0 saturated heterocycles. The Labute approximate surface area is 198 Å². The van der Waals surface area contributed by atoms with Gasteiger partial charge in [-0.15, -0.1) is 11.3 Å². The van der Waals surface area contributed by atoms with E-state index < -0.39 is 20.9 Å². The van der Waals surface area contributed by atoms with E-state index in [4.69, 9.17) is 4.74 Å². The third-order valence-electron chi connectivity index (χ3n) is 4.90. The molecule has 34 heavy (non-hydrogen) atoms. The maximum absolute atomic E-state index is 11.7. The van der Waals surface area contributed by atoms with Crippen molar-refractivity contribution < 1.29 is 28.0 Å². The molecular formula is C23H16N2O7S2. The van der Waals surface area contributed by atoms with Gasteiger partial charge in [-0.25, -0.2) is 18.2 Å². The summed E-state index contributed by atoms with van der Waals surface area (Å²) in [6.07, 6.45) is -0.421. The van der Waals surface area contributed by atoms with Gasteiger partial charge in [0, 0.05) is 34.4 Å². The summed E-state index contributed by atoms with van der Waals surface area (Å²) in [5.41, 5.74) is 2.19. The molecular weight excluding hydrogens is 480 g/mol. The topological polar surface area (TPSA) is 137 Å². The molecule has 1 aromatic heterocycles. The Morgan fingerprint density at radius 1 is 1.03 bits per heavy atom. The second-order valence-corrected chi connectivity index (χ2v) is 10.1. The number of para-hydroxylation sites is 1. The van der Waals surface area contributed by atoms with Gasteiger partial charge in [0.2, 0.25) is 0 Å². The molecule has 3 aromatic carbocycles. The van der Waals surface area contributed by atoms with Gasteiger partial charge in [0.1, 0.15) is 10.8 Å². The molecule has 9 nitrogen and oxygen atoms in total. The number of nitro benzene ring substituents is 1. The molecule has 0 fully saturated rings. The molecule has 4 aromatic rings. The fourth-order valence-electron chi connectivity index (χ4n) is 3.33. The molecule has 0 spiro atoms. The number of ether oxygens (including phenoxy) is 1. The van der Waals surface area contributed by atoms with Crippen molar-refractivity contribution in [3.8, 4) is 38.7 Å². The Hall–Kier alpha value is -4.09. The van der Waals surface area contributed by atoms with Crippen LogP contribution < -0.4 is 4.74 Å². The average Bonchev–Trinajstić information content (AvgIpc) is 3.28. The first-order valence-electron chi connectivity index (χ1n) is 9.68. The van der Waals surface area contributed by atoms with Crippen molar-refractivity contribution in [2.45, 2.75) is 4.90 Å². The van der Waals surface area contributed by atoms with Crippen molar-refractivity contribution in [1.29, 1.82) is 0 Å². The maximum Gasteiger partial charge on any atom is 0.511 e. The van der Waals surface area contributed by atoms with Gasteiger partial charge >= 0.3 is 6.16 Å². The first-order valence-corrected chi connectivity index (χ1v) is 12.5. The lowest BCUT2D eigenvalue weighted by atomic mass is 10.0. The van der Waals surface area contributed by atoms with Gasteiger partial charge < -0.3 is 9.84 Å². The molecule has 0 aliphatic rings.